The molecule has 1 fully saturated rings. The number of methoxy groups -OCH3 is 1. The van der Waals surface area contributed by atoms with Crippen molar-refractivity contribution < 1.29 is 14.3 Å². The summed E-state index contributed by atoms with van der Waals surface area (Å²) in [6.45, 7) is 1.07. The molecule has 0 unspecified atom stereocenters. The second-order valence-corrected chi connectivity index (χ2v) is 5.97. The third-order valence-corrected chi connectivity index (χ3v) is 4.17. The van der Waals surface area contributed by atoms with Crippen LogP contribution in [0, 0.1) is 5.92 Å². The quantitative estimate of drug-likeness (QED) is 0.880. The molecule has 6 nitrogen and oxygen atoms in total. The molecule has 6 heteroatoms. The summed E-state index contributed by atoms with van der Waals surface area (Å²) in [4.78, 5) is 25.9. The zero-order valence-electron chi connectivity index (χ0n) is 14.1. The summed E-state index contributed by atoms with van der Waals surface area (Å²) >= 11 is 0. The number of anilines is 2. The third-order valence-electron chi connectivity index (χ3n) is 4.17. The summed E-state index contributed by atoms with van der Waals surface area (Å²) in [5.74, 6) is 0.930. The Morgan fingerprint density at radius 3 is 2.56 bits per heavy atom. The van der Waals surface area contributed by atoms with Crippen molar-refractivity contribution >= 4 is 23.3 Å². The minimum atomic E-state index is -0.282. The van der Waals surface area contributed by atoms with Crippen molar-refractivity contribution in [3.05, 3.63) is 54.6 Å². The van der Waals surface area contributed by atoms with Gasteiger partial charge in [0.1, 0.15) is 5.75 Å². The van der Waals surface area contributed by atoms with Crippen LogP contribution in [0.15, 0.2) is 54.6 Å². The van der Waals surface area contributed by atoms with Crippen molar-refractivity contribution in [3.8, 4) is 5.75 Å². The normalized spacial score (nSPS) is 16.6. The van der Waals surface area contributed by atoms with Crippen LogP contribution in [0.1, 0.15) is 6.42 Å². The SMILES string of the molecule is COc1ccc(NC(=O)NC[C@@H]2CC(=O)N(c3ccccc3)C2)cc1. The van der Waals surface area contributed by atoms with Crippen molar-refractivity contribution in [2.45, 2.75) is 6.42 Å². The Labute approximate surface area is 146 Å². The van der Waals surface area contributed by atoms with Crippen LogP contribution in [0.2, 0.25) is 0 Å². The molecule has 130 valence electrons. The first-order chi connectivity index (χ1) is 12.2. The largest absolute Gasteiger partial charge is 0.497 e. The Bertz CT molecular complexity index is 731. The molecule has 1 atom stereocenters. The molecule has 3 amide bonds. The molecule has 2 aromatic rings. The van der Waals surface area contributed by atoms with E-state index < -0.39 is 0 Å². The Kier molecular flexibility index (Phi) is 5.18. The van der Waals surface area contributed by atoms with E-state index in [0.29, 0.717) is 25.2 Å². The van der Waals surface area contributed by atoms with Crippen LogP contribution >= 0.6 is 0 Å². The molecule has 0 radical (unpaired) electrons. The smallest absolute Gasteiger partial charge is 0.319 e. The van der Waals surface area contributed by atoms with E-state index >= 15 is 0 Å². The molecule has 3 rings (SSSR count). The number of nitrogens with one attached hydrogen (secondary N) is 2. The van der Waals surface area contributed by atoms with Crippen LogP contribution in [0.3, 0.4) is 0 Å². The van der Waals surface area contributed by atoms with E-state index in [1.54, 1.807) is 36.3 Å². The maximum Gasteiger partial charge on any atom is 0.319 e. The van der Waals surface area contributed by atoms with Crippen LogP contribution < -0.4 is 20.3 Å². The van der Waals surface area contributed by atoms with E-state index in [-0.39, 0.29) is 17.9 Å². The number of para-hydroxylation sites is 1. The number of hydrogen-bond acceptors (Lipinski definition) is 3. The molecular weight excluding hydrogens is 318 g/mol. The number of benzene rings is 2. The van der Waals surface area contributed by atoms with E-state index in [0.717, 1.165) is 11.4 Å². The highest BCUT2D eigenvalue weighted by Crippen LogP contribution is 2.24. The van der Waals surface area contributed by atoms with Gasteiger partial charge in [0.15, 0.2) is 0 Å². The molecule has 2 N–H and O–H groups in total. The third kappa shape index (κ3) is 4.29. The highest BCUT2D eigenvalue weighted by atomic mass is 16.5. The highest BCUT2D eigenvalue weighted by Gasteiger charge is 2.30. The lowest BCUT2D eigenvalue weighted by molar-refractivity contribution is -0.117. The molecule has 1 aliphatic rings. The second-order valence-electron chi connectivity index (χ2n) is 5.97. The van der Waals surface area contributed by atoms with E-state index in [4.69, 9.17) is 4.74 Å². The summed E-state index contributed by atoms with van der Waals surface area (Å²) in [6.07, 6.45) is 0.442. The zero-order valence-corrected chi connectivity index (χ0v) is 14.1. The standard InChI is InChI=1S/C19H21N3O3/c1-25-17-9-7-15(8-10-17)21-19(24)20-12-14-11-18(23)22(13-14)16-5-3-2-4-6-16/h2-10,14H,11-13H2,1H3,(H2,20,21,24)/t14-/m0/s1. The van der Waals surface area contributed by atoms with E-state index in [9.17, 15) is 9.59 Å². The minimum Gasteiger partial charge on any atom is -0.497 e. The first-order valence-electron chi connectivity index (χ1n) is 8.20. The number of nitrogens with zero attached hydrogens (tertiary/aromatic N) is 1. The van der Waals surface area contributed by atoms with Crippen molar-refractivity contribution in [3.63, 3.8) is 0 Å². The fourth-order valence-electron chi connectivity index (χ4n) is 2.86. The molecular formula is C19H21N3O3. The predicted molar refractivity (Wildman–Crippen MR) is 96.9 cm³/mol. The molecule has 0 saturated carbocycles. The summed E-state index contributed by atoms with van der Waals surface area (Å²) in [5.41, 5.74) is 1.59. The summed E-state index contributed by atoms with van der Waals surface area (Å²) in [6, 6.07) is 16.4. The van der Waals surface area contributed by atoms with Crippen LogP contribution in [0.4, 0.5) is 16.2 Å². The number of ether oxygens (including phenoxy) is 1. The zero-order chi connectivity index (χ0) is 17.6. The van der Waals surface area contributed by atoms with Gasteiger partial charge in [-0.25, -0.2) is 4.79 Å². The van der Waals surface area contributed by atoms with Crippen LogP contribution in [-0.4, -0.2) is 32.1 Å². The summed E-state index contributed by atoms with van der Waals surface area (Å²) in [7, 11) is 1.59. The molecule has 2 aromatic carbocycles. The van der Waals surface area contributed by atoms with Gasteiger partial charge < -0.3 is 20.3 Å². The van der Waals surface area contributed by atoms with E-state index in [1.165, 1.54) is 0 Å². The molecule has 1 aliphatic heterocycles. The number of carbonyl (C=O) groups is 2. The molecule has 0 bridgehead atoms. The van der Waals surface area contributed by atoms with Gasteiger partial charge in [-0.3, -0.25) is 4.79 Å². The van der Waals surface area contributed by atoms with E-state index in [2.05, 4.69) is 10.6 Å². The molecule has 0 aliphatic carbocycles. The van der Waals surface area contributed by atoms with Gasteiger partial charge in [-0.2, -0.15) is 0 Å². The fourth-order valence-corrected chi connectivity index (χ4v) is 2.86. The van der Waals surface area contributed by atoms with Crippen LogP contribution in [-0.2, 0) is 4.79 Å². The van der Waals surface area contributed by atoms with E-state index in [1.807, 2.05) is 30.3 Å². The second kappa shape index (κ2) is 7.70. The van der Waals surface area contributed by atoms with Crippen LogP contribution in [0.25, 0.3) is 0 Å². The number of carbonyl (C=O) groups excluding carboxylic acids is 2. The topological polar surface area (TPSA) is 70.7 Å². The Balaban J connectivity index is 1.48. The lowest BCUT2D eigenvalue weighted by Gasteiger charge is -2.17. The Morgan fingerprint density at radius 1 is 1.16 bits per heavy atom. The average molecular weight is 339 g/mol. The first-order valence-corrected chi connectivity index (χ1v) is 8.20. The molecule has 1 saturated heterocycles. The lowest BCUT2D eigenvalue weighted by atomic mass is 10.1. The van der Waals surface area contributed by atoms with Gasteiger partial charge in [0.25, 0.3) is 0 Å². The molecule has 1 heterocycles. The summed E-state index contributed by atoms with van der Waals surface area (Å²) in [5, 5.41) is 5.60. The number of urea groups is 1. The Morgan fingerprint density at radius 2 is 1.88 bits per heavy atom. The monoisotopic (exact) mass is 339 g/mol. The maximum absolute atomic E-state index is 12.2. The van der Waals surface area contributed by atoms with Gasteiger partial charge in [0.2, 0.25) is 5.91 Å². The van der Waals surface area contributed by atoms with Crippen molar-refractivity contribution in [2.75, 3.05) is 30.4 Å². The first kappa shape index (κ1) is 16.8. The average Bonchev–Trinajstić information content (AvgIpc) is 3.02. The number of rotatable bonds is 5. The van der Waals surface area contributed by atoms with Gasteiger partial charge in [-0.05, 0) is 36.4 Å². The van der Waals surface area contributed by atoms with Gasteiger partial charge in [-0.15, -0.1) is 0 Å². The molecule has 0 aromatic heterocycles. The molecule has 25 heavy (non-hydrogen) atoms. The maximum atomic E-state index is 12.2. The van der Waals surface area contributed by atoms with Crippen molar-refractivity contribution in [1.29, 1.82) is 0 Å². The fraction of sp³-hybridized carbons (Fsp3) is 0.263. The van der Waals surface area contributed by atoms with Gasteiger partial charge in [-0.1, -0.05) is 18.2 Å². The van der Waals surface area contributed by atoms with Gasteiger partial charge >= 0.3 is 6.03 Å². The lowest BCUT2D eigenvalue weighted by Crippen LogP contribution is -2.34. The highest BCUT2D eigenvalue weighted by molar-refractivity contribution is 5.96. The van der Waals surface area contributed by atoms with Crippen molar-refractivity contribution in [1.82, 2.24) is 5.32 Å². The number of hydrogen-bond donors (Lipinski definition) is 2. The van der Waals surface area contributed by atoms with Gasteiger partial charge in [0.05, 0.1) is 7.11 Å². The van der Waals surface area contributed by atoms with Crippen molar-refractivity contribution in [2.24, 2.45) is 5.92 Å². The van der Waals surface area contributed by atoms with Gasteiger partial charge in [0, 0.05) is 36.8 Å². The summed E-state index contributed by atoms with van der Waals surface area (Å²) < 4.78 is 5.08. The van der Waals surface area contributed by atoms with Crippen LogP contribution in [0.5, 0.6) is 5.75 Å². The Hall–Kier alpha value is -3.02. The molecule has 0 spiro atoms. The minimum absolute atomic E-state index is 0.0913. The predicted octanol–water partition coefficient (Wildman–Crippen LogP) is 2.87. The number of amides is 3.